The summed E-state index contributed by atoms with van der Waals surface area (Å²) in [6, 6.07) is 1.81. The Bertz CT molecular complexity index is 339. The van der Waals surface area contributed by atoms with Crippen molar-refractivity contribution in [1.29, 1.82) is 0 Å². The molecule has 0 aliphatic carbocycles. The van der Waals surface area contributed by atoms with Gasteiger partial charge in [0.05, 0.1) is 5.60 Å². The molecule has 0 aliphatic heterocycles. The molecule has 15 heavy (non-hydrogen) atoms. The molecule has 0 N–H and O–H groups in total. The Kier molecular flexibility index (Phi) is 3.69. The molecule has 0 spiro atoms. The standard InChI is InChI=1S/C12H19NO2/c1-5-12(2,3)15-9-11(14)10-6-7-13(4)8-10/h6-8H,5,9H2,1-4H3. The van der Waals surface area contributed by atoms with E-state index in [1.807, 2.05) is 50.8 Å². The van der Waals surface area contributed by atoms with Crippen molar-refractivity contribution in [3.05, 3.63) is 24.0 Å². The van der Waals surface area contributed by atoms with E-state index in [1.54, 1.807) is 0 Å². The van der Waals surface area contributed by atoms with E-state index < -0.39 is 0 Å². The maximum absolute atomic E-state index is 11.7. The van der Waals surface area contributed by atoms with Crippen molar-refractivity contribution in [3.63, 3.8) is 0 Å². The monoisotopic (exact) mass is 209 g/mol. The van der Waals surface area contributed by atoms with Crippen LogP contribution in [0.3, 0.4) is 0 Å². The summed E-state index contributed by atoms with van der Waals surface area (Å²) in [4.78, 5) is 11.7. The Balaban J connectivity index is 2.50. The van der Waals surface area contributed by atoms with Gasteiger partial charge >= 0.3 is 0 Å². The van der Waals surface area contributed by atoms with Crippen LogP contribution in [0.2, 0.25) is 0 Å². The third-order valence-corrected chi connectivity index (χ3v) is 2.60. The highest BCUT2D eigenvalue weighted by molar-refractivity contribution is 5.96. The number of ether oxygens (including phenoxy) is 1. The molecule has 1 aromatic heterocycles. The van der Waals surface area contributed by atoms with Crippen molar-refractivity contribution < 1.29 is 9.53 Å². The van der Waals surface area contributed by atoms with Gasteiger partial charge in [-0.15, -0.1) is 0 Å². The number of aromatic nitrogens is 1. The molecule has 0 unspecified atom stereocenters. The molecule has 0 radical (unpaired) electrons. The Labute approximate surface area is 91.0 Å². The van der Waals surface area contributed by atoms with Gasteiger partial charge in [0.25, 0.3) is 0 Å². The number of hydrogen-bond acceptors (Lipinski definition) is 2. The highest BCUT2D eigenvalue weighted by atomic mass is 16.5. The van der Waals surface area contributed by atoms with E-state index in [9.17, 15) is 4.79 Å². The molecule has 0 aliphatic rings. The Morgan fingerprint density at radius 1 is 1.53 bits per heavy atom. The van der Waals surface area contributed by atoms with Crippen molar-refractivity contribution in [2.24, 2.45) is 7.05 Å². The summed E-state index contributed by atoms with van der Waals surface area (Å²) >= 11 is 0. The molecule has 0 fully saturated rings. The minimum absolute atomic E-state index is 0.0390. The molecule has 0 atom stereocenters. The smallest absolute Gasteiger partial charge is 0.190 e. The maximum Gasteiger partial charge on any atom is 0.190 e. The van der Waals surface area contributed by atoms with E-state index in [0.717, 1.165) is 6.42 Å². The van der Waals surface area contributed by atoms with Gasteiger partial charge in [0.15, 0.2) is 5.78 Å². The van der Waals surface area contributed by atoms with Crippen LogP contribution in [0.15, 0.2) is 18.5 Å². The van der Waals surface area contributed by atoms with Gasteiger partial charge in [-0.05, 0) is 26.3 Å². The molecule has 0 saturated heterocycles. The zero-order chi connectivity index (χ0) is 11.5. The fourth-order valence-electron chi connectivity index (χ4n) is 1.11. The minimum Gasteiger partial charge on any atom is -0.367 e. The Morgan fingerprint density at radius 2 is 2.20 bits per heavy atom. The van der Waals surface area contributed by atoms with Crippen molar-refractivity contribution in [3.8, 4) is 0 Å². The van der Waals surface area contributed by atoms with Crippen molar-refractivity contribution >= 4 is 5.78 Å². The lowest BCUT2D eigenvalue weighted by Crippen LogP contribution is -2.26. The van der Waals surface area contributed by atoms with Crippen molar-refractivity contribution in [2.45, 2.75) is 32.8 Å². The second-order valence-corrected chi connectivity index (χ2v) is 4.39. The number of ketones is 1. The van der Waals surface area contributed by atoms with Crippen LogP contribution in [0.4, 0.5) is 0 Å². The molecule has 3 heteroatoms. The topological polar surface area (TPSA) is 31.2 Å². The molecule has 3 nitrogen and oxygen atoms in total. The van der Waals surface area contributed by atoms with Gasteiger partial charge in [0.1, 0.15) is 6.61 Å². The number of hydrogen-bond donors (Lipinski definition) is 0. The Hall–Kier alpha value is -1.09. The maximum atomic E-state index is 11.7. The van der Waals surface area contributed by atoms with E-state index >= 15 is 0 Å². The lowest BCUT2D eigenvalue weighted by atomic mass is 10.1. The van der Waals surface area contributed by atoms with Crippen molar-refractivity contribution in [1.82, 2.24) is 4.57 Å². The highest BCUT2D eigenvalue weighted by Gasteiger charge is 2.17. The largest absolute Gasteiger partial charge is 0.367 e. The van der Waals surface area contributed by atoms with Crippen molar-refractivity contribution in [2.75, 3.05) is 6.61 Å². The van der Waals surface area contributed by atoms with E-state index in [4.69, 9.17) is 4.74 Å². The zero-order valence-electron chi connectivity index (χ0n) is 9.91. The number of carbonyl (C=O) groups is 1. The molecule has 0 bridgehead atoms. The molecular formula is C12H19NO2. The van der Waals surface area contributed by atoms with E-state index in [0.29, 0.717) is 5.56 Å². The van der Waals surface area contributed by atoms with Crippen LogP contribution in [-0.4, -0.2) is 22.6 Å². The average molecular weight is 209 g/mol. The summed E-state index contributed by atoms with van der Waals surface area (Å²) in [6.07, 6.45) is 4.57. The molecule has 1 rings (SSSR count). The molecule has 0 saturated carbocycles. The van der Waals surface area contributed by atoms with Gasteiger partial charge in [-0.2, -0.15) is 0 Å². The fourth-order valence-corrected chi connectivity index (χ4v) is 1.11. The third-order valence-electron chi connectivity index (χ3n) is 2.60. The predicted molar refractivity (Wildman–Crippen MR) is 60.1 cm³/mol. The first-order valence-corrected chi connectivity index (χ1v) is 5.24. The first-order valence-electron chi connectivity index (χ1n) is 5.24. The van der Waals surface area contributed by atoms with Gasteiger partial charge in [-0.3, -0.25) is 4.79 Å². The third kappa shape index (κ3) is 3.51. The van der Waals surface area contributed by atoms with Crippen LogP contribution in [0.1, 0.15) is 37.6 Å². The number of carbonyl (C=O) groups excluding carboxylic acids is 1. The summed E-state index contributed by atoms with van der Waals surface area (Å²) < 4.78 is 7.40. The minimum atomic E-state index is -0.218. The average Bonchev–Trinajstić information content (AvgIpc) is 2.61. The van der Waals surface area contributed by atoms with Crippen LogP contribution < -0.4 is 0 Å². The second kappa shape index (κ2) is 4.62. The van der Waals surface area contributed by atoms with Crippen LogP contribution in [0.5, 0.6) is 0 Å². The SMILES string of the molecule is CCC(C)(C)OCC(=O)c1ccn(C)c1. The van der Waals surface area contributed by atoms with Crippen LogP contribution in [0, 0.1) is 0 Å². The van der Waals surface area contributed by atoms with Gasteiger partial charge in [-0.25, -0.2) is 0 Å². The van der Waals surface area contributed by atoms with Crippen LogP contribution in [-0.2, 0) is 11.8 Å². The van der Waals surface area contributed by atoms with Gasteiger partial charge in [0, 0.05) is 25.0 Å². The lowest BCUT2D eigenvalue weighted by molar-refractivity contribution is -0.0122. The molecule has 1 aromatic rings. The second-order valence-electron chi connectivity index (χ2n) is 4.39. The quantitative estimate of drug-likeness (QED) is 0.697. The molecule has 0 amide bonds. The molecule has 1 heterocycles. The van der Waals surface area contributed by atoms with E-state index in [2.05, 4.69) is 0 Å². The first-order chi connectivity index (χ1) is 6.94. The first kappa shape index (κ1) is 12.0. The molecular weight excluding hydrogens is 190 g/mol. The number of rotatable bonds is 5. The number of nitrogens with zero attached hydrogens (tertiary/aromatic N) is 1. The molecule has 0 aromatic carbocycles. The van der Waals surface area contributed by atoms with Gasteiger partial charge < -0.3 is 9.30 Å². The van der Waals surface area contributed by atoms with Gasteiger partial charge in [0.2, 0.25) is 0 Å². The summed E-state index contributed by atoms with van der Waals surface area (Å²) in [7, 11) is 1.90. The van der Waals surface area contributed by atoms with Crippen LogP contribution in [0.25, 0.3) is 0 Å². The fraction of sp³-hybridized carbons (Fsp3) is 0.583. The molecule has 84 valence electrons. The van der Waals surface area contributed by atoms with E-state index in [1.165, 1.54) is 0 Å². The number of Topliss-reactive ketones (excluding diaryl/α,β-unsaturated/α-hetero) is 1. The summed E-state index contributed by atoms with van der Waals surface area (Å²) in [5.74, 6) is 0.0390. The summed E-state index contributed by atoms with van der Waals surface area (Å²) in [5.41, 5.74) is 0.495. The highest BCUT2D eigenvalue weighted by Crippen LogP contribution is 2.14. The van der Waals surface area contributed by atoms with E-state index in [-0.39, 0.29) is 18.0 Å². The number of aryl methyl sites for hydroxylation is 1. The van der Waals surface area contributed by atoms with Gasteiger partial charge in [-0.1, -0.05) is 6.92 Å². The summed E-state index contributed by atoms with van der Waals surface area (Å²) in [5, 5.41) is 0. The van der Waals surface area contributed by atoms with Crippen LogP contribution >= 0.6 is 0 Å². The predicted octanol–water partition coefficient (Wildman–Crippen LogP) is 2.41. The normalized spacial score (nSPS) is 11.7. The summed E-state index contributed by atoms with van der Waals surface area (Å²) in [6.45, 7) is 6.19. The lowest BCUT2D eigenvalue weighted by Gasteiger charge is -2.22. The Morgan fingerprint density at radius 3 is 2.67 bits per heavy atom. The zero-order valence-corrected chi connectivity index (χ0v) is 9.91.